The van der Waals surface area contributed by atoms with Crippen molar-refractivity contribution in [2.24, 2.45) is 0 Å². The number of rotatable bonds is 5. The maximum absolute atomic E-state index is 4.48. The minimum Gasteiger partial charge on any atom is -0.313 e. The number of halogens is 1. The highest BCUT2D eigenvalue weighted by molar-refractivity contribution is 9.10. The Hall–Kier alpha value is -0.450. The fourth-order valence-electron chi connectivity index (χ4n) is 2.53. The molecular weight excluding hydrogens is 302 g/mol. The van der Waals surface area contributed by atoms with Crippen molar-refractivity contribution in [3.05, 3.63) is 28.5 Å². The topological polar surface area (TPSA) is 28.2 Å². The van der Waals surface area contributed by atoms with Gasteiger partial charge in [0.05, 0.1) is 5.69 Å². The second kappa shape index (κ2) is 7.36. The molecule has 0 saturated carbocycles. The third-order valence-corrected chi connectivity index (χ3v) is 4.22. The van der Waals surface area contributed by atoms with Crippen LogP contribution in [0, 0.1) is 0 Å². The van der Waals surface area contributed by atoms with Gasteiger partial charge in [-0.2, -0.15) is 0 Å². The van der Waals surface area contributed by atoms with E-state index < -0.39 is 0 Å². The zero-order valence-corrected chi connectivity index (χ0v) is 13.5. The van der Waals surface area contributed by atoms with Crippen LogP contribution in [0.1, 0.15) is 38.8 Å². The van der Waals surface area contributed by atoms with E-state index in [4.69, 9.17) is 0 Å². The van der Waals surface area contributed by atoms with Gasteiger partial charge in [0, 0.05) is 35.8 Å². The molecule has 0 spiro atoms. The minimum atomic E-state index is 0.550. The summed E-state index contributed by atoms with van der Waals surface area (Å²) in [5.74, 6) is 0. The van der Waals surface area contributed by atoms with Crippen LogP contribution < -0.4 is 5.32 Å². The molecule has 0 amide bonds. The minimum absolute atomic E-state index is 0.550. The summed E-state index contributed by atoms with van der Waals surface area (Å²) >= 11 is 3.43. The van der Waals surface area contributed by atoms with Crippen LogP contribution in [0.4, 0.5) is 0 Å². The van der Waals surface area contributed by atoms with Crippen LogP contribution in [-0.2, 0) is 6.54 Å². The van der Waals surface area contributed by atoms with Gasteiger partial charge in [0.25, 0.3) is 0 Å². The van der Waals surface area contributed by atoms with Crippen molar-refractivity contribution >= 4 is 15.9 Å². The van der Waals surface area contributed by atoms with Gasteiger partial charge in [-0.15, -0.1) is 0 Å². The molecular formula is C15H24BrN3. The average Bonchev–Trinajstić information content (AvgIpc) is 2.41. The first-order valence-electron chi connectivity index (χ1n) is 7.23. The molecule has 1 N–H and O–H groups in total. The lowest BCUT2D eigenvalue weighted by Gasteiger charge is -2.32. The molecule has 0 bridgehead atoms. The fraction of sp³-hybridized carbons (Fsp3) is 0.667. The predicted octanol–water partition coefficient (Wildman–Crippen LogP) is 3.20. The summed E-state index contributed by atoms with van der Waals surface area (Å²) in [6, 6.07) is 5.37. The summed E-state index contributed by atoms with van der Waals surface area (Å²) in [6.07, 6.45) is 5.87. The van der Waals surface area contributed by atoms with Crippen molar-refractivity contribution in [3.8, 4) is 0 Å². The first-order valence-corrected chi connectivity index (χ1v) is 8.02. The second-order valence-corrected chi connectivity index (χ2v) is 6.55. The Kier molecular flexibility index (Phi) is 5.79. The van der Waals surface area contributed by atoms with E-state index >= 15 is 0 Å². The summed E-state index contributed by atoms with van der Waals surface area (Å²) in [4.78, 5) is 7.00. The highest BCUT2D eigenvalue weighted by atomic mass is 79.9. The summed E-state index contributed by atoms with van der Waals surface area (Å²) in [5.41, 5.74) is 1.15. The molecule has 1 aliphatic rings. The van der Waals surface area contributed by atoms with Crippen LogP contribution in [0.2, 0.25) is 0 Å². The van der Waals surface area contributed by atoms with Crippen molar-refractivity contribution in [1.82, 2.24) is 15.2 Å². The van der Waals surface area contributed by atoms with Gasteiger partial charge in [-0.1, -0.05) is 6.42 Å². The first-order chi connectivity index (χ1) is 9.15. The van der Waals surface area contributed by atoms with E-state index in [-0.39, 0.29) is 0 Å². The van der Waals surface area contributed by atoms with Gasteiger partial charge in [-0.05, 0) is 61.3 Å². The smallest absolute Gasteiger partial charge is 0.0544 e. The average molecular weight is 326 g/mol. The number of hydrogen-bond acceptors (Lipinski definition) is 3. The Balaban J connectivity index is 1.93. The summed E-state index contributed by atoms with van der Waals surface area (Å²) in [5, 5.41) is 3.63. The van der Waals surface area contributed by atoms with Crippen molar-refractivity contribution in [2.75, 3.05) is 13.1 Å². The Bertz CT molecular complexity index is 371. The van der Waals surface area contributed by atoms with Crippen LogP contribution in [0.3, 0.4) is 0 Å². The van der Waals surface area contributed by atoms with E-state index in [1.807, 2.05) is 6.20 Å². The third-order valence-electron chi connectivity index (χ3n) is 3.75. The molecule has 1 aliphatic heterocycles. The molecule has 0 radical (unpaired) electrons. The Labute approximate surface area is 124 Å². The van der Waals surface area contributed by atoms with Crippen LogP contribution in [0.5, 0.6) is 0 Å². The molecule has 1 fully saturated rings. The zero-order chi connectivity index (χ0) is 13.7. The number of nitrogens with one attached hydrogen (secondary N) is 1. The Morgan fingerprint density at radius 1 is 1.42 bits per heavy atom. The van der Waals surface area contributed by atoms with Gasteiger partial charge >= 0.3 is 0 Å². The summed E-state index contributed by atoms with van der Waals surface area (Å²) < 4.78 is 1.04. The lowest BCUT2D eigenvalue weighted by atomic mass is 10.0. The van der Waals surface area contributed by atoms with Gasteiger partial charge < -0.3 is 5.32 Å². The molecule has 1 saturated heterocycles. The monoisotopic (exact) mass is 325 g/mol. The second-order valence-electron chi connectivity index (χ2n) is 5.64. The third kappa shape index (κ3) is 4.86. The Morgan fingerprint density at radius 3 is 2.84 bits per heavy atom. The molecule has 4 heteroatoms. The van der Waals surface area contributed by atoms with Gasteiger partial charge in [-0.25, -0.2) is 0 Å². The van der Waals surface area contributed by atoms with Gasteiger partial charge in [0.1, 0.15) is 0 Å². The molecule has 2 rings (SSSR count). The van der Waals surface area contributed by atoms with Gasteiger partial charge in [0.15, 0.2) is 0 Å². The van der Waals surface area contributed by atoms with E-state index in [0.717, 1.165) is 23.3 Å². The number of piperidine rings is 1. The summed E-state index contributed by atoms with van der Waals surface area (Å²) in [7, 11) is 0. The first kappa shape index (κ1) is 14.9. The molecule has 0 aliphatic carbocycles. The van der Waals surface area contributed by atoms with Crippen LogP contribution in [-0.4, -0.2) is 35.1 Å². The maximum Gasteiger partial charge on any atom is 0.0544 e. The molecule has 1 aromatic heterocycles. The molecule has 1 unspecified atom stereocenters. The predicted molar refractivity (Wildman–Crippen MR) is 83.1 cm³/mol. The molecule has 2 heterocycles. The van der Waals surface area contributed by atoms with Crippen LogP contribution in [0.25, 0.3) is 0 Å². The molecule has 1 atom stereocenters. The zero-order valence-electron chi connectivity index (χ0n) is 11.9. The number of aromatic nitrogens is 1. The van der Waals surface area contributed by atoms with E-state index in [1.165, 1.54) is 25.8 Å². The largest absolute Gasteiger partial charge is 0.313 e. The maximum atomic E-state index is 4.48. The SMILES string of the molecule is CC(C)N(Cc1ccc(Br)cn1)CC1CCCCN1. The standard InChI is InChI=1S/C15H24BrN3/c1-12(2)19(10-14-5-3-4-8-17-14)11-15-7-6-13(16)9-18-15/h6-7,9,12,14,17H,3-5,8,10-11H2,1-2H3. The Morgan fingerprint density at radius 2 is 2.26 bits per heavy atom. The van der Waals surface area contributed by atoms with E-state index in [1.54, 1.807) is 0 Å². The molecule has 19 heavy (non-hydrogen) atoms. The van der Waals surface area contributed by atoms with E-state index in [2.05, 4.69) is 57.1 Å². The van der Waals surface area contributed by atoms with Crippen molar-refractivity contribution < 1.29 is 0 Å². The van der Waals surface area contributed by atoms with E-state index in [0.29, 0.717) is 12.1 Å². The molecule has 3 nitrogen and oxygen atoms in total. The quantitative estimate of drug-likeness (QED) is 0.901. The molecule has 1 aromatic rings. The van der Waals surface area contributed by atoms with Crippen molar-refractivity contribution in [1.29, 1.82) is 0 Å². The van der Waals surface area contributed by atoms with Gasteiger partial charge in [-0.3, -0.25) is 9.88 Å². The van der Waals surface area contributed by atoms with Crippen molar-refractivity contribution in [2.45, 2.75) is 51.7 Å². The van der Waals surface area contributed by atoms with Crippen LogP contribution >= 0.6 is 15.9 Å². The molecule has 106 valence electrons. The highest BCUT2D eigenvalue weighted by Crippen LogP contribution is 2.14. The fourth-order valence-corrected chi connectivity index (χ4v) is 2.76. The van der Waals surface area contributed by atoms with E-state index in [9.17, 15) is 0 Å². The normalized spacial score (nSPS) is 20.2. The lowest BCUT2D eigenvalue weighted by molar-refractivity contribution is 0.175. The lowest BCUT2D eigenvalue weighted by Crippen LogP contribution is -2.45. The highest BCUT2D eigenvalue weighted by Gasteiger charge is 2.19. The summed E-state index contributed by atoms with van der Waals surface area (Å²) in [6.45, 7) is 7.76. The number of pyridine rings is 1. The number of hydrogen-bond donors (Lipinski definition) is 1. The molecule has 0 aromatic carbocycles. The van der Waals surface area contributed by atoms with Gasteiger partial charge in [0.2, 0.25) is 0 Å². The number of nitrogens with zero attached hydrogens (tertiary/aromatic N) is 2. The van der Waals surface area contributed by atoms with Crippen molar-refractivity contribution in [3.63, 3.8) is 0 Å². The van der Waals surface area contributed by atoms with Crippen LogP contribution in [0.15, 0.2) is 22.8 Å².